The normalized spacial score (nSPS) is 12.8. The number of benzene rings is 1. The molecule has 130 valence electrons. The number of carbonyl (C=O) groups is 2. The molecule has 0 saturated carbocycles. The van der Waals surface area contributed by atoms with Crippen LogP contribution in [0.4, 0.5) is 0 Å². The van der Waals surface area contributed by atoms with E-state index in [2.05, 4.69) is 13.2 Å². The molecule has 0 fully saturated rings. The van der Waals surface area contributed by atoms with Gasteiger partial charge in [0.2, 0.25) is 0 Å². The lowest BCUT2D eigenvalue weighted by atomic mass is 10.1. The molecule has 0 heterocycles. The Balaban J connectivity index is 2.87. The molecule has 1 aromatic carbocycles. The summed E-state index contributed by atoms with van der Waals surface area (Å²) in [5.41, 5.74) is 2.27. The fraction of sp³-hybridized carbons (Fsp3) is 0.400. The summed E-state index contributed by atoms with van der Waals surface area (Å²) >= 11 is 0. The predicted molar refractivity (Wildman–Crippen MR) is 95.1 cm³/mol. The van der Waals surface area contributed by atoms with Crippen LogP contribution in [0.15, 0.2) is 48.6 Å². The lowest BCUT2D eigenvalue weighted by Crippen LogP contribution is -2.21. The molecule has 0 aliphatic carbocycles. The second-order valence-electron chi connectivity index (χ2n) is 6.30. The van der Waals surface area contributed by atoms with Crippen molar-refractivity contribution in [2.24, 2.45) is 0 Å². The van der Waals surface area contributed by atoms with Gasteiger partial charge in [-0.15, -0.1) is 13.2 Å². The van der Waals surface area contributed by atoms with Crippen molar-refractivity contribution in [1.82, 2.24) is 0 Å². The van der Waals surface area contributed by atoms with Gasteiger partial charge in [-0.1, -0.05) is 23.3 Å². The van der Waals surface area contributed by atoms with E-state index in [1.807, 2.05) is 13.8 Å². The largest absolute Gasteiger partial charge is 0.459 e. The van der Waals surface area contributed by atoms with Gasteiger partial charge in [0.1, 0.15) is 12.2 Å². The standard InChI is InChI=1S/C20H26O4/c1-13(2)11-15(5)23-19(21)17-9-7-8-10-18(17)20(22)24-16(6)12-14(3)4/h7-10,15-16H,1,3,11-12H2,2,4-6H3. The average Bonchev–Trinajstić information content (AvgIpc) is 2.45. The first-order valence-corrected chi connectivity index (χ1v) is 8.00. The molecule has 2 unspecified atom stereocenters. The summed E-state index contributed by atoms with van der Waals surface area (Å²) in [6.45, 7) is 14.9. The Kier molecular flexibility index (Phi) is 7.43. The Hall–Kier alpha value is -2.36. The van der Waals surface area contributed by atoms with Crippen LogP contribution in [0.5, 0.6) is 0 Å². The fourth-order valence-corrected chi connectivity index (χ4v) is 2.40. The van der Waals surface area contributed by atoms with Crippen LogP contribution in [0.2, 0.25) is 0 Å². The van der Waals surface area contributed by atoms with E-state index in [0.717, 1.165) is 11.1 Å². The van der Waals surface area contributed by atoms with Crippen LogP contribution in [-0.4, -0.2) is 24.1 Å². The molecule has 0 aliphatic heterocycles. The smallest absolute Gasteiger partial charge is 0.339 e. The van der Waals surface area contributed by atoms with E-state index in [1.54, 1.807) is 38.1 Å². The van der Waals surface area contributed by atoms with Gasteiger partial charge in [-0.2, -0.15) is 0 Å². The molecule has 24 heavy (non-hydrogen) atoms. The monoisotopic (exact) mass is 330 g/mol. The highest BCUT2D eigenvalue weighted by atomic mass is 16.5. The van der Waals surface area contributed by atoms with Crippen molar-refractivity contribution < 1.29 is 19.1 Å². The minimum absolute atomic E-state index is 0.207. The molecule has 1 rings (SSSR count). The van der Waals surface area contributed by atoms with E-state index in [0.29, 0.717) is 12.8 Å². The van der Waals surface area contributed by atoms with E-state index in [1.165, 1.54) is 0 Å². The molecule has 0 amide bonds. The number of hydrogen-bond donors (Lipinski definition) is 0. The van der Waals surface area contributed by atoms with Gasteiger partial charge < -0.3 is 9.47 Å². The summed E-state index contributed by atoms with van der Waals surface area (Å²) in [6.07, 6.45) is 0.546. The molecule has 1 aromatic rings. The minimum Gasteiger partial charge on any atom is -0.459 e. The van der Waals surface area contributed by atoms with Gasteiger partial charge in [-0.25, -0.2) is 9.59 Å². The van der Waals surface area contributed by atoms with Crippen LogP contribution in [0.1, 0.15) is 61.3 Å². The van der Waals surface area contributed by atoms with Gasteiger partial charge in [-0.05, 0) is 39.8 Å². The molecule has 0 aromatic heterocycles. The maximum absolute atomic E-state index is 12.4. The second kappa shape index (κ2) is 9.06. The van der Waals surface area contributed by atoms with Crippen molar-refractivity contribution in [3.05, 3.63) is 59.7 Å². The summed E-state index contributed by atoms with van der Waals surface area (Å²) < 4.78 is 10.8. The van der Waals surface area contributed by atoms with Gasteiger partial charge in [0.15, 0.2) is 0 Å². The zero-order chi connectivity index (χ0) is 18.3. The molecule has 0 bridgehead atoms. The van der Waals surface area contributed by atoms with Crippen LogP contribution >= 0.6 is 0 Å². The highest BCUT2D eigenvalue weighted by Gasteiger charge is 2.22. The molecular formula is C20H26O4. The Bertz CT molecular complexity index is 575. The number of ether oxygens (including phenoxy) is 2. The lowest BCUT2D eigenvalue weighted by Gasteiger charge is -2.16. The third-order valence-electron chi connectivity index (χ3n) is 3.26. The highest BCUT2D eigenvalue weighted by molar-refractivity contribution is 6.03. The first-order valence-electron chi connectivity index (χ1n) is 8.00. The van der Waals surface area contributed by atoms with E-state index < -0.39 is 11.9 Å². The first-order chi connectivity index (χ1) is 11.2. The van der Waals surface area contributed by atoms with Crippen molar-refractivity contribution >= 4 is 11.9 Å². The zero-order valence-electron chi connectivity index (χ0n) is 14.9. The van der Waals surface area contributed by atoms with Crippen molar-refractivity contribution in [2.75, 3.05) is 0 Å². The zero-order valence-corrected chi connectivity index (χ0v) is 14.9. The molecular weight excluding hydrogens is 304 g/mol. The third kappa shape index (κ3) is 6.41. The van der Waals surface area contributed by atoms with E-state index in [-0.39, 0.29) is 23.3 Å². The lowest BCUT2D eigenvalue weighted by molar-refractivity contribution is 0.0293. The van der Waals surface area contributed by atoms with Gasteiger partial charge >= 0.3 is 11.9 Å². The third-order valence-corrected chi connectivity index (χ3v) is 3.26. The topological polar surface area (TPSA) is 52.6 Å². The Labute approximate surface area is 144 Å². The molecule has 4 nitrogen and oxygen atoms in total. The number of rotatable bonds is 8. The molecule has 0 radical (unpaired) electrons. The fourth-order valence-electron chi connectivity index (χ4n) is 2.40. The van der Waals surface area contributed by atoms with Crippen LogP contribution in [-0.2, 0) is 9.47 Å². The van der Waals surface area contributed by atoms with Crippen molar-refractivity contribution in [1.29, 1.82) is 0 Å². The Morgan fingerprint density at radius 3 is 1.50 bits per heavy atom. The van der Waals surface area contributed by atoms with Gasteiger partial charge in [-0.3, -0.25) is 0 Å². The Morgan fingerprint density at radius 2 is 1.21 bits per heavy atom. The summed E-state index contributed by atoms with van der Waals surface area (Å²) in [5.74, 6) is -1.08. The molecule has 0 saturated heterocycles. The van der Waals surface area contributed by atoms with Gasteiger partial charge in [0, 0.05) is 12.8 Å². The quantitative estimate of drug-likeness (QED) is 0.512. The van der Waals surface area contributed by atoms with E-state index in [4.69, 9.17) is 9.47 Å². The Morgan fingerprint density at radius 1 is 0.875 bits per heavy atom. The molecule has 2 atom stereocenters. The summed E-state index contributed by atoms with van der Waals surface area (Å²) in [4.78, 5) is 24.7. The molecule has 0 aliphatic rings. The predicted octanol–water partition coefficient (Wildman–Crippen LogP) is 4.71. The number of hydrogen-bond acceptors (Lipinski definition) is 4. The number of carbonyl (C=O) groups excluding carboxylic acids is 2. The maximum atomic E-state index is 12.4. The number of esters is 2. The summed E-state index contributed by atoms with van der Waals surface area (Å²) in [7, 11) is 0. The highest BCUT2D eigenvalue weighted by Crippen LogP contribution is 2.16. The molecule has 4 heteroatoms. The van der Waals surface area contributed by atoms with Gasteiger partial charge in [0.25, 0.3) is 0 Å². The summed E-state index contributed by atoms with van der Waals surface area (Å²) in [6, 6.07) is 6.51. The molecule has 0 spiro atoms. The van der Waals surface area contributed by atoms with Crippen LogP contribution < -0.4 is 0 Å². The van der Waals surface area contributed by atoms with Crippen molar-refractivity contribution in [2.45, 2.75) is 52.7 Å². The SMILES string of the molecule is C=C(C)CC(C)OC(=O)c1ccccc1C(=O)OC(C)CC(=C)C. The summed E-state index contributed by atoms with van der Waals surface area (Å²) in [5, 5.41) is 0. The van der Waals surface area contributed by atoms with Crippen LogP contribution in [0, 0.1) is 0 Å². The first kappa shape index (κ1) is 19.7. The maximum Gasteiger partial charge on any atom is 0.339 e. The van der Waals surface area contributed by atoms with Crippen molar-refractivity contribution in [3.63, 3.8) is 0 Å². The molecule has 0 N–H and O–H groups in total. The van der Waals surface area contributed by atoms with Crippen molar-refractivity contribution in [3.8, 4) is 0 Å². The van der Waals surface area contributed by atoms with Gasteiger partial charge in [0.05, 0.1) is 11.1 Å². The van der Waals surface area contributed by atoms with E-state index in [9.17, 15) is 9.59 Å². The second-order valence-corrected chi connectivity index (χ2v) is 6.30. The minimum atomic E-state index is -0.538. The van der Waals surface area contributed by atoms with Crippen LogP contribution in [0.3, 0.4) is 0 Å². The van der Waals surface area contributed by atoms with E-state index >= 15 is 0 Å². The van der Waals surface area contributed by atoms with Crippen LogP contribution in [0.25, 0.3) is 0 Å². The average molecular weight is 330 g/mol.